The van der Waals surface area contributed by atoms with E-state index in [0.29, 0.717) is 5.82 Å². The summed E-state index contributed by atoms with van der Waals surface area (Å²) in [5.41, 5.74) is 8.18. The van der Waals surface area contributed by atoms with Gasteiger partial charge in [0.25, 0.3) is 0 Å². The lowest BCUT2D eigenvalue weighted by Crippen LogP contribution is -1.97. The van der Waals surface area contributed by atoms with Crippen molar-refractivity contribution in [2.24, 2.45) is 0 Å². The lowest BCUT2D eigenvalue weighted by atomic mass is 10.1. The fraction of sp³-hybridized carbons (Fsp3) is 0.231. The number of benzene rings is 1. The van der Waals surface area contributed by atoms with E-state index in [4.69, 9.17) is 15.2 Å². The second kappa shape index (κ2) is 4.91. The van der Waals surface area contributed by atoms with Gasteiger partial charge in [-0.15, -0.1) is 0 Å². The molecule has 5 heteroatoms. The summed E-state index contributed by atoms with van der Waals surface area (Å²) in [6.45, 7) is 1.94. The fourth-order valence-corrected chi connectivity index (χ4v) is 1.88. The molecule has 0 amide bonds. The zero-order valence-electron chi connectivity index (χ0n) is 10.6. The van der Waals surface area contributed by atoms with E-state index < -0.39 is 0 Å². The summed E-state index contributed by atoms with van der Waals surface area (Å²) in [5, 5.41) is 0. The van der Waals surface area contributed by atoms with E-state index in [9.17, 15) is 0 Å². The lowest BCUT2D eigenvalue weighted by Gasteiger charge is -2.14. The second-order valence-corrected chi connectivity index (χ2v) is 3.80. The lowest BCUT2D eigenvalue weighted by molar-refractivity contribution is 0.390. The molecule has 0 spiro atoms. The van der Waals surface area contributed by atoms with Gasteiger partial charge in [0, 0.05) is 17.2 Å². The van der Waals surface area contributed by atoms with Gasteiger partial charge >= 0.3 is 0 Å². The number of nitrogens with two attached hydrogens (primary N) is 1. The topological polar surface area (TPSA) is 70.3 Å². The summed E-state index contributed by atoms with van der Waals surface area (Å²) < 4.78 is 10.7. The normalized spacial score (nSPS) is 10.2. The Morgan fingerprint density at radius 1 is 1.11 bits per heavy atom. The van der Waals surface area contributed by atoms with Crippen LogP contribution in [0.15, 0.2) is 24.5 Å². The number of hydrogen-bond acceptors (Lipinski definition) is 5. The summed E-state index contributed by atoms with van der Waals surface area (Å²) in [6, 6.07) is 5.49. The van der Waals surface area contributed by atoms with Crippen molar-refractivity contribution >= 4 is 5.82 Å². The molecule has 0 saturated heterocycles. The molecule has 2 N–H and O–H groups in total. The molecule has 94 valence electrons. The first-order valence-electron chi connectivity index (χ1n) is 5.47. The van der Waals surface area contributed by atoms with Crippen LogP contribution >= 0.6 is 0 Å². The molecule has 0 aliphatic carbocycles. The molecule has 1 aromatic heterocycles. The minimum Gasteiger partial charge on any atom is -0.496 e. The van der Waals surface area contributed by atoms with Crippen molar-refractivity contribution in [1.82, 2.24) is 9.97 Å². The van der Waals surface area contributed by atoms with Gasteiger partial charge in [0.05, 0.1) is 19.9 Å². The average Bonchev–Trinajstić information content (AvgIpc) is 2.38. The summed E-state index contributed by atoms with van der Waals surface area (Å²) in [7, 11) is 3.25. The van der Waals surface area contributed by atoms with Crippen LogP contribution in [0.1, 0.15) is 5.56 Å². The van der Waals surface area contributed by atoms with Gasteiger partial charge in [-0.2, -0.15) is 0 Å². The smallest absolute Gasteiger partial charge is 0.134 e. The third kappa shape index (κ3) is 2.07. The van der Waals surface area contributed by atoms with Crippen molar-refractivity contribution in [3.63, 3.8) is 0 Å². The molecule has 1 heterocycles. The zero-order chi connectivity index (χ0) is 13.1. The van der Waals surface area contributed by atoms with Gasteiger partial charge in [-0.1, -0.05) is 0 Å². The van der Waals surface area contributed by atoms with Crippen molar-refractivity contribution in [1.29, 1.82) is 0 Å². The molecule has 18 heavy (non-hydrogen) atoms. The van der Waals surface area contributed by atoms with Gasteiger partial charge in [0.1, 0.15) is 23.6 Å². The Balaban J connectivity index is 2.61. The second-order valence-electron chi connectivity index (χ2n) is 3.80. The predicted molar refractivity (Wildman–Crippen MR) is 69.7 cm³/mol. The largest absolute Gasteiger partial charge is 0.496 e. The fourth-order valence-electron chi connectivity index (χ4n) is 1.88. The minimum atomic E-state index is 0.426. The highest BCUT2D eigenvalue weighted by molar-refractivity contribution is 5.72. The number of ether oxygens (including phenoxy) is 2. The van der Waals surface area contributed by atoms with E-state index >= 15 is 0 Å². The Hall–Kier alpha value is -2.30. The Kier molecular flexibility index (Phi) is 3.32. The van der Waals surface area contributed by atoms with Crippen LogP contribution in [-0.2, 0) is 0 Å². The van der Waals surface area contributed by atoms with Gasteiger partial charge in [0.15, 0.2) is 0 Å². The maximum absolute atomic E-state index is 5.66. The van der Waals surface area contributed by atoms with Crippen LogP contribution < -0.4 is 15.2 Å². The minimum absolute atomic E-state index is 0.426. The first-order chi connectivity index (χ1) is 8.67. The maximum atomic E-state index is 5.66. The van der Waals surface area contributed by atoms with Gasteiger partial charge in [0.2, 0.25) is 0 Å². The van der Waals surface area contributed by atoms with Crippen molar-refractivity contribution in [2.75, 3.05) is 20.0 Å². The standard InChI is InChI=1S/C13H15N3O2/c1-8-11(17-2)5-4-9(13(8)18-3)10-6-12(14)16-7-15-10/h4-7H,1-3H3,(H2,14,15,16). The predicted octanol–water partition coefficient (Wildman–Crippen LogP) is 2.05. The quantitative estimate of drug-likeness (QED) is 0.896. The van der Waals surface area contributed by atoms with Crippen LogP contribution in [0.4, 0.5) is 5.82 Å². The average molecular weight is 245 g/mol. The zero-order valence-corrected chi connectivity index (χ0v) is 10.6. The Morgan fingerprint density at radius 2 is 1.89 bits per heavy atom. The van der Waals surface area contributed by atoms with E-state index in [0.717, 1.165) is 28.3 Å². The summed E-state index contributed by atoms with van der Waals surface area (Å²) in [6.07, 6.45) is 1.43. The van der Waals surface area contributed by atoms with Gasteiger partial charge in [-0.05, 0) is 19.1 Å². The van der Waals surface area contributed by atoms with Crippen LogP contribution in [0.25, 0.3) is 11.3 Å². The monoisotopic (exact) mass is 245 g/mol. The maximum Gasteiger partial charge on any atom is 0.134 e. The highest BCUT2D eigenvalue weighted by atomic mass is 16.5. The van der Waals surface area contributed by atoms with E-state index in [2.05, 4.69) is 9.97 Å². The number of hydrogen-bond donors (Lipinski definition) is 1. The third-order valence-corrected chi connectivity index (χ3v) is 2.74. The molecule has 0 fully saturated rings. The molecular formula is C13H15N3O2. The van der Waals surface area contributed by atoms with E-state index in [1.807, 2.05) is 19.1 Å². The number of nitrogens with zero attached hydrogens (tertiary/aromatic N) is 2. The number of nitrogen functional groups attached to an aromatic ring is 1. The molecule has 2 rings (SSSR count). The van der Waals surface area contributed by atoms with Gasteiger partial charge in [-0.25, -0.2) is 9.97 Å². The van der Waals surface area contributed by atoms with E-state index in [1.54, 1.807) is 20.3 Å². The molecule has 0 bridgehead atoms. The van der Waals surface area contributed by atoms with Crippen molar-refractivity contribution in [3.05, 3.63) is 30.1 Å². The first kappa shape index (κ1) is 12.2. The molecule has 5 nitrogen and oxygen atoms in total. The molecule has 1 aromatic carbocycles. The number of rotatable bonds is 3. The van der Waals surface area contributed by atoms with Gasteiger partial charge in [-0.3, -0.25) is 0 Å². The summed E-state index contributed by atoms with van der Waals surface area (Å²) >= 11 is 0. The molecule has 2 aromatic rings. The Morgan fingerprint density at radius 3 is 2.50 bits per heavy atom. The molecule has 0 atom stereocenters. The SMILES string of the molecule is COc1ccc(-c2cc(N)ncn2)c(OC)c1C. The van der Waals surface area contributed by atoms with Crippen LogP contribution in [0, 0.1) is 6.92 Å². The third-order valence-electron chi connectivity index (χ3n) is 2.74. The van der Waals surface area contributed by atoms with E-state index in [-0.39, 0.29) is 0 Å². The highest BCUT2D eigenvalue weighted by Gasteiger charge is 2.13. The van der Waals surface area contributed by atoms with Crippen molar-refractivity contribution in [2.45, 2.75) is 6.92 Å². The molecule has 0 aliphatic heterocycles. The van der Waals surface area contributed by atoms with Crippen molar-refractivity contribution in [3.8, 4) is 22.8 Å². The van der Waals surface area contributed by atoms with Crippen LogP contribution in [-0.4, -0.2) is 24.2 Å². The summed E-state index contributed by atoms with van der Waals surface area (Å²) in [4.78, 5) is 8.08. The highest BCUT2D eigenvalue weighted by Crippen LogP contribution is 2.36. The van der Waals surface area contributed by atoms with Crippen LogP contribution in [0.2, 0.25) is 0 Å². The number of aromatic nitrogens is 2. The summed E-state index contributed by atoms with van der Waals surface area (Å²) in [5.74, 6) is 1.93. The number of methoxy groups -OCH3 is 2. The molecule has 0 radical (unpaired) electrons. The van der Waals surface area contributed by atoms with Crippen LogP contribution in [0.3, 0.4) is 0 Å². The van der Waals surface area contributed by atoms with E-state index in [1.165, 1.54) is 6.33 Å². The van der Waals surface area contributed by atoms with Gasteiger partial charge < -0.3 is 15.2 Å². The molecular weight excluding hydrogens is 230 g/mol. The van der Waals surface area contributed by atoms with Crippen molar-refractivity contribution < 1.29 is 9.47 Å². The Labute approximate surface area is 106 Å². The van der Waals surface area contributed by atoms with Crippen LogP contribution in [0.5, 0.6) is 11.5 Å². The first-order valence-corrected chi connectivity index (χ1v) is 5.47. The number of anilines is 1. The molecule has 0 aliphatic rings. The molecule has 0 unspecified atom stereocenters. The Bertz CT molecular complexity index is 570. The molecule has 0 saturated carbocycles.